The van der Waals surface area contributed by atoms with E-state index in [1.165, 1.54) is 6.07 Å². The highest BCUT2D eigenvalue weighted by atomic mass is 19.1. The fraction of sp³-hybridized carbons (Fsp3) is 0.417. The number of rotatable bonds is 4. The summed E-state index contributed by atoms with van der Waals surface area (Å²) in [6.07, 6.45) is 2.82. The number of hydrogen-bond acceptors (Lipinski definition) is 4. The Hall–Kier alpha value is -2.95. The van der Waals surface area contributed by atoms with Crippen LogP contribution in [-0.4, -0.2) is 44.2 Å². The Morgan fingerprint density at radius 2 is 2.10 bits per heavy atom. The van der Waals surface area contributed by atoms with Gasteiger partial charge in [-0.15, -0.1) is 0 Å². The number of aromatic nitrogens is 2. The number of nitrogens with zero attached hydrogens (tertiary/aromatic N) is 3. The zero-order chi connectivity index (χ0) is 22.7. The molecule has 1 unspecified atom stereocenters. The van der Waals surface area contributed by atoms with Crippen LogP contribution in [0.4, 0.5) is 4.39 Å². The molecular weight excluding hydrogens is 395 g/mol. The Morgan fingerprint density at radius 3 is 2.68 bits per heavy atom. The molecule has 0 saturated carbocycles. The highest BCUT2D eigenvalue weighted by molar-refractivity contribution is 5.94. The van der Waals surface area contributed by atoms with E-state index in [1.54, 1.807) is 19.9 Å². The van der Waals surface area contributed by atoms with Crippen molar-refractivity contribution in [3.05, 3.63) is 46.5 Å². The monoisotopic (exact) mass is 422 g/mol. The standard InChI is InChI=1S/C24H27FN4O2/c1-13(2)28(5)12-20-21(22(26)30)27-23-18-10-14(6-7-24(3,4)31)19(25)11-17(18)15-8-16(9-15)29(20)23/h8,10-11,13,16,31H,9,12H2,1-5H3,(H2,26,30). The second-order valence-electron chi connectivity index (χ2n) is 9.12. The van der Waals surface area contributed by atoms with Gasteiger partial charge in [-0.25, -0.2) is 9.37 Å². The van der Waals surface area contributed by atoms with Crippen LogP contribution in [0.25, 0.3) is 17.0 Å². The Balaban J connectivity index is 1.93. The maximum Gasteiger partial charge on any atom is 0.269 e. The third kappa shape index (κ3) is 3.78. The van der Waals surface area contributed by atoms with Gasteiger partial charge in [-0.3, -0.25) is 9.69 Å². The zero-order valence-corrected chi connectivity index (χ0v) is 18.5. The van der Waals surface area contributed by atoms with Crippen LogP contribution in [0, 0.1) is 17.7 Å². The van der Waals surface area contributed by atoms with Crippen molar-refractivity contribution in [3.8, 4) is 23.2 Å². The number of imidazole rings is 1. The predicted octanol–water partition coefficient (Wildman–Crippen LogP) is 3.09. The summed E-state index contributed by atoms with van der Waals surface area (Å²) in [7, 11) is 1.99. The molecule has 6 nitrogen and oxygen atoms in total. The quantitative estimate of drug-likeness (QED) is 0.742. The first-order valence-corrected chi connectivity index (χ1v) is 10.4. The average Bonchev–Trinajstić information content (AvgIpc) is 2.86. The normalized spacial score (nSPS) is 16.7. The van der Waals surface area contributed by atoms with Crippen LogP contribution in [0.5, 0.6) is 0 Å². The van der Waals surface area contributed by atoms with Crippen LogP contribution in [0.1, 0.15) is 67.5 Å². The molecule has 1 aromatic heterocycles. The highest BCUT2D eigenvalue weighted by Crippen LogP contribution is 2.48. The summed E-state index contributed by atoms with van der Waals surface area (Å²) >= 11 is 0. The van der Waals surface area contributed by atoms with Crippen molar-refractivity contribution in [1.29, 1.82) is 0 Å². The van der Waals surface area contributed by atoms with E-state index in [9.17, 15) is 14.3 Å². The molecule has 1 amide bonds. The smallest absolute Gasteiger partial charge is 0.269 e. The molecule has 2 aromatic rings. The van der Waals surface area contributed by atoms with Crippen LogP contribution in [0.3, 0.4) is 0 Å². The van der Waals surface area contributed by atoms with Gasteiger partial charge in [0.1, 0.15) is 17.2 Å². The van der Waals surface area contributed by atoms with Crippen LogP contribution < -0.4 is 5.73 Å². The van der Waals surface area contributed by atoms with Crippen molar-refractivity contribution in [2.24, 2.45) is 5.73 Å². The molecule has 31 heavy (non-hydrogen) atoms. The van der Waals surface area contributed by atoms with Gasteiger partial charge in [-0.2, -0.15) is 0 Å². The van der Waals surface area contributed by atoms with Crippen LogP contribution >= 0.6 is 0 Å². The number of amides is 1. The summed E-state index contributed by atoms with van der Waals surface area (Å²) in [5, 5.41) is 9.91. The van der Waals surface area contributed by atoms with Gasteiger partial charge >= 0.3 is 0 Å². The molecule has 7 heteroatoms. The minimum Gasteiger partial charge on any atom is -0.378 e. The van der Waals surface area contributed by atoms with E-state index in [0.717, 1.165) is 23.3 Å². The van der Waals surface area contributed by atoms with Crippen molar-refractivity contribution >= 4 is 11.5 Å². The number of hydrogen-bond donors (Lipinski definition) is 2. The fourth-order valence-electron chi connectivity index (χ4n) is 3.91. The summed E-state index contributed by atoms with van der Waals surface area (Å²) in [6.45, 7) is 7.77. The molecular formula is C24H27FN4O2. The van der Waals surface area contributed by atoms with Crippen molar-refractivity contribution in [3.63, 3.8) is 0 Å². The molecule has 3 N–H and O–H groups in total. The molecule has 5 rings (SSSR count). The van der Waals surface area contributed by atoms with Gasteiger partial charge in [-0.1, -0.05) is 17.9 Å². The predicted molar refractivity (Wildman–Crippen MR) is 118 cm³/mol. The van der Waals surface area contributed by atoms with Gasteiger partial charge in [0.15, 0.2) is 5.69 Å². The van der Waals surface area contributed by atoms with E-state index in [0.29, 0.717) is 17.9 Å². The number of halogens is 1. The average molecular weight is 423 g/mol. The van der Waals surface area contributed by atoms with E-state index < -0.39 is 17.3 Å². The third-order valence-corrected chi connectivity index (χ3v) is 5.88. The Morgan fingerprint density at radius 1 is 1.42 bits per heavy atom. The molecule has 162 valence electrons. The summed E-state index contributed by atoms with van der Waals surface area (Å²) in [6, 6.07) is 3.45. The number of benzene rings is 1. The molecule has 2 bridgehead atoms. The largest absolute Gasteiger partial charge is 0.378 e. The minimum atomic E-state index is -1.24. The molecule has 1 atom stereocenters. The number of carbonyl (C=O) groups is 1. The lowest BCUT2D eigenvalue weighted by atomic mass is 9.86. The van der Waals surface area contributed by atoms with E-state index in [-0.39, 0.29) is 23.3 Å². The van der Waals surface area contributed by atoms with Gasteiger partial charge in [0.2, 0.25) is 0 Å². The number of primary amides is 1. The molecule has 3 heterocycles. The second-order valence-corrected chi connectivity index (χ2v) is 9.12. The Bertz CT molecular complexity index is 1170. The second kappa shape index (κ2) is 7.33. The van der Waals surface area contributed by atoms with Gasteiger partial charge in [-0.05, 0) is 64.4 Å². The Labute approximate surface area is 181 Å². The zero-order valence-electron chi connectivity index (χ0n) is 18.5. The molecule has 0 fully saturated rings. The van der Waals surface area contributed by atoms with Crippen LogP contribution in [0.2, 0.25) is 0 Å². The third-order valence-electron chi connectivity index (χ3n) is 5.88. The van der Waals surface area contributed by atoms with Gasteiger partial charge in [0.25, 0.3) is 5.91 Å². The van der Waals surface area contributed by atoms with Crippen LogP contribution in [0.15, 0.2) is 18.2 Å². The molecule has 2 aliphatic heterocycles. The molecule has 0 radical (unpaired) electrons. The molecule has 0 saturated heterocycles. The summed E-state index contributed by atoms with van der Waals surface area (Å²) in [5.74, 6) is 4.97. The highest BCUT2D eigenvalue weighted by Gasteiger charge is 2.36. The topological polar surface area (TPSA) is 84.4 Å². The van der Waals surface area contributed by atoms with Crippen molar-refractivity contribution in [2.75, 3.05) is 7.05 Å². The fourth-order valence-corrected chi connectivity index (χ4v) is 3.91. The molecule has 3 aliphatic rings. The van der Waals surface area contributed by atoms with E-state index in [1.807, 2.05) is 7.05 Å². The van der Waals surface area contributed by atoms with E-state index >= 15 is 0 Å². The van der Waals surface area contributed by atoms with Gasteiger partial charge in [0, 0.05) is 18.2 Å². The lowest BCUT2D eigenvalue weighted by Crippen LogP contribution is -2.29. The lowest BCUT2D eigenvalue weighted by molar-refractivity contribution is 0.0993. The van der Waals surface area contributed by atoms with Crippen LogP contribution in [-0.2, 0) is 6.54 Å². The first kappa shape index (κ1) is 21.3. The first-order valence-electron chi connectivity index (χ1n) is 10.4. The summed E-state index contributed by atoms with van der Waals surface area (Å²) in [4.78, 5) is 19.0. The number of carbonyl (C=O) groups excluding carboxylic acids is 1. The molecule has 1 aromatic carbocycles. The molecule has 1 aliphatic carbocycles. The van der Waals surface area contributed by atoms with Gasteiger partial charge in [0.05, 0.1) is 17.3 Å². The van der Waals surface area contributed by atoms with Crippen molar-refractivity contribution < 1.29 is 14.3 Å². The Kier molecular flexibility index (Phi) is 5.03. The van der Waals surface area contributed by atoms with Crippen molar-refractivity contribution in [2.45, 2.75) is 58.3 Å². The molecule has 0 spiro atoms. The summed E-state index contributed by atoms with van der Waals surface area (Å²) < 4.78 is 16.9. The van der Waals surface area contributed by atoms with E-state index in [4.69, 9.17) is 5.73 Å². The number of aliphatic hydroxyl groups is 1. The van der Waals surface area contributed by atoms with E-state index in [2.05, 4.69) is 46.2 Å². The minimum absolute atomic E-state index is 0.0440. The summed E-state index contributed by atoms with van der Waals surface area (Å²) in [5.41, 5.74) is 8.15. The first-order chi connectivity index (χ1) is 14.5. The lowest BCUT2D eigenvalue weighted by Gasteiger charge is -2.28. The van der Waals surface area contributed by atoms with Crippen molar-refractivity contribution in [1.82, 2.24) is 14.5 Å². The van der Waals surface area contributed by atoms with Gasteiger partial charge < -0.3 is 15.4 Å². The SMILES string of the molecule is CC(C)N(C)Cc1c(C(N)=O)nc2n1C1C=C(C1)c1cc(F)c(C#CC(C)(C)O)cc1-2. The maximum atomic E-state index is 14.8. The number of allylic oxidation sites excluding steroid dienone is 2. The number of nitrogens with two attached hydrogens (primary N) is 1. The maximum absolute atomic E-state index is 14.8.